The van der Waals surface area contributed by atoms with Gasteiger partial charge in [-0.15, -0.1) is 10.2 Å². The van der Waals surface area contributed by atoms with E-state index in [1.54, 1.807) is 12.3 Å². The van der Waals surface area contributed by atoms with Gasteiger partial charge < -0.3 is 14.2 Å². The number of aromatic nitrogens is 2. The summed E-state index contributed by atoms with van der Waals surface area (Å²) < 4.78 is 10.8. The van der Waals surface area contributed by atoms with Gasteiger partial charge in [-0.05, 0) is 18.7 Å². The lowest BCUT2D eigenvalue weighted by Gasteiger charge is -2.36. The highest BCUT2D eigenvalue weighted by atomic mass is 16.4. The van der Waals surface area contributed by atoms with Crippen molar-refractivity contribution < 1.29 is 8.83 Å². The van der Waals surface area contributed by atoms with Crippen molar-refractivity contribution in [2.45, 2.75) is 19.5 Å². The summed E-state index contributed by atoms with van der Waals surface area (Å²) in [6.45, 7) is 5.88. The van der Waals surface area contributed by atoms with Gasteiger partial charge in [0.25, 0.3) is 5.89 Å². The summed E-state index contributed by atoms with van der Waals surface area (Å²) in [5.74, 6) is 1.69. The van der Waals surface area contributed by atoms with Gasteiger partial charge in [0.1, 0.15) is 0 Å². The first-order chi connectivity index (χ1) is 8.86. The summed E-state index contributed by atoms with van der Waals surface area (Å²) in [6, 6.07) is 4.19. The number of nitrogens with one attached hydrogen (secondary N) is 1. The summed E-state index contributed by atoms with van der Waals surface area (Å²) in [6.07, 6.45) is 1.59. The van der Waals surface area contributed by atoms with Crippen LogP contribution in [-0.2, 0) is 6.54 Å². The number of likely N-dealkylation sites (N-methyl/N-ethyl adjacent to an activating group) is 1. The summed E-state index contributed by atoms with van der Waals surface area (Å²) in [4.78, 5) is 2.33. The van der Waals surface area contributed by atoms with Crippen molar-refractivity contribution >= 4 is 0 Å². The van der Waals surface area contributed by atoms with Crippen LogP contribution in [0.2, 0.25) is 0 Å². The van der Waals surface area contributed by atoms with Crippen LogP contribution in [0.4, 0.5) is 0 Å². The van der Waals surface area contributed by atoms with E-state index in [2.05, 4.69) is 27.3 Å². The van der Waals surface area contributed by atoms with Gasteiger partial charge in [0, 0.05) is 19.1 Å². The van der Waals surface area contributed by atoms with E-state index >= 15 is 0 Å². The molecule has 0 radical (unpaired) electrons. The Kier molecular flexibility index (Phi) is 3.12. The van der Waals surface area contributed by atoms with Gasteiger partial charge in [0.05, 0.1) is 12.8 Å². The molecule has 0 aliphatic carbocycles. The molecule has 0 amide bonds. The average molecular weight is 248 g/mol. The molecule has 6 nitrogen and oxygen atoms in total. The van der Waals surface area contributed by atoms with E-state index in [-0.39, 0.29) is 0 Å². The van der Waals surface area contributed by atoms with E-state index in [9.17, 15) is 0 Å². The lowest BCUT2D eigenvalue weighted by atomic mass is 10.1. The third-order valence-corrected chi connectivity index (χ3v) is 3.22. The zero-order chi connectivity index (χ0) is 12.4. The molecule has 0 spiro atoms. The van der Waals surface area contributed by atoms with E-state index in [4.69, 9.17) is 8.83 Å². The Bertz CT molecular complexity index is 490. The average Bonchev–Trinajstić information content (AvgIpc) is 2.95. The van der Waals surface area contributed by atoms with E-state index in [1.165, 1.54) is 0 Å². The predicted octanol–water partition coefficient (Wildman–Crippen LogP) is 1.12. The van der Waals surface area contributed by atoms with Crippen molar-refractivity contribution in [3.8, 4) is 11.7 Å². The standard InChI is InChI=1S/C12H16N4O2/c1-2-16(9-6-13-7-9)8-11-14-15-12(18-11)10-4-3-5-17-10/h3-5,9,13H,2,6-8H2,1H3. The SMILES string of the molecule is CCN(Cc1nnc(-c2ccco2)o1)C1CNC1. The van der Waals surface area contributed by atoms with E-state index in [0.717, 1.165) is 19.6 Å². The molecular formula is C12H16N4O2. The first-order valence-electron chi connectivity index (χ1n) is 6.18. The number of hydrogen-bond donors (Lipinski definition) is 1. The highest BCUT2D eigenvalue weighted by Gasteiger charge is 2.25. The van der Waals surface area contributed by atoms with Gasteiger partial charge in [-0.25, -0.2) is 0 Å². The Morgan fingerprint density at radius 3 is 2.94 bits per heavy atom. The van der Waals surface area contributed by atoms with E-state index < -0.39 is 0 Å². The Morgan fingerprint density at radius 1 is 1.44 bits per heavy atom. The van der Waals surface area contributed by atoms with Gasteiger partial charge in [0.2, 0.25) is 5.89 Å². The van der Waals surface area contributed by atoms with Gasteiger partial charge >= 0.3 is 0 Å². The fraction of sp³-hybridized carbons (Fsp3) is 0.500. The molecule has 2 aromatic heterocycles. The molecule has 3 rings (SSSR count). The number of nitrogens with zero attached hydrogens (tertiary/aromatic N) is 3. The Labute approximate surface area is 105 Å². The second-order valence-electron chi connectivity index (χ2n) is 4.35. The molecule has 0 bridgehead atoms. The van der Waals surface area contributed by atoms with Crippen LogP contribution >= 0.6 is 0 Å². The summed E-state index contributed by atoms with van der Waals surface area (Å²) in [7, 11) is 0. The van der Waals surface area contributed by atoms with Crippen molar-refractivity contribution in [2.24, 2.45) is 0 Å². The fourth-order valence-corrected chi connectivity index (χ4v) is 2.02. The van der Waals surface area contributed by atoms with Gasteiger partial charge in [-0.3, -0.25) is 4.90 Å². The molecule has 2 aromatic rings. The molecule has 18 heavy (non-hydrogen) atoms. The minimum absolute atomic E-state index is 0.442. The molecule has 6 heteroatoms. The molecule has 1 fully saturated rings. The minimum Gasteiger partial charge on any atom is -0.459 e. The topological polar surface area (TPSA) is 67.3 Å². The quantitative estimate of drug-likeness (QED) is 0.855. The van der Waals surface area contributed by atoms with Crippen molar-refractivity contribution in [2.75, 3.05) is 19.6 Å². The normalized spacial score (nSPS) is 16.1. The maximum atomic E-state index is 5.60. The van der Waals surface area contributed by atoms with Crippen LogP contribution in [0.25, 0.3) is 11.7 Å². The van der Waals surface area contributed by atoms with Crippen LogP contribution in [0.3, 0.4) is 0 Å². The van der Waals surface area contributed by atoms with Gasteiger partial charge in [0.15, 0.2) is 5.76 Å². The molecule has 96 valence electrons. The summed E-state index contributed by atoms with van der Waals surface area (Å²) >= 11 is 0. The van der Waals surface area contributed by atoms with Crippen molar-refractivity contribution in [1.29, 1.82) is 0 Å². The monoisotopic (exact) mass is 248 g/mol. The molecule has 1 aliphatic heterocycles. The smallest absolute Gasteiger partial charge is 0.283 e. The van der Waals surface area contributed by atoms with Crippen LogP contribution in [0.5, 0.6) is 0 Å². The molecule has 0 atom stereocenters. The Morgan fingerprint density at radius 2 is 2.33 bits per heavy atom. The van der Waals surface area contributed by atoms with Crippen LogP contribution in [-0.4, -0.2) is 40.8 Å². The lowest BCUT2D eigenvalue weighted by Crippen LogP contribution is -2.56. The first-order valence-corrected chi connectivity index (χ1v) is 6.18. The third-order valence-electron chi connectivity index (χ3n) is 3.22. The maximum absolute atomic E-state index is 5.60. The second-order valence-corrected chi connectivity index (χ2v) is 4.35. The molecule has 0 unspecified atom stereocenters. The zero-order valence-corrected chi connectivity index (χ0v) is 10.3. The number of hydrogen-bond acceptors (Lipinski definition) is 6. The van der Waals surface area contributed by atoms with Crippen LogP contribution in [0.15, 0.2) is 27.2 Å². The molecule has 1 N–H and O–H groups in total. The van der Waals surface area contributed by atoms with Crippen LogP contribution in [0.1, 0.15) is 12.8 Å². The lowest BCUT2D eigenvalue weighted by molar-refractivity contribution is 0.133. The highest BCUT2D eigenvalue weighted by Crippen LogP contribution is 2.19. The van der Waals surface area contributed by atoms with Crippen LogP contribution in [0, 0.1) is 0 Å². The predicted molar refractivity (Wildman–Crippen MR) is 64.7 cm³/mol. The largest absolute Gasteiger partial charge is 0.459 e. The maximum Gasteiger partial charge on any atom is 0.283 e. The number of furan rings is 1. The van der Waals surface area contributed by atoms with Gasteiger partial charge in [-0.1, -0.05) is 6.92 Å². The highest BCUT2D eigenvalue weighted by molar-refractivity contribution is 5.42. The van der Waals surface area contributed by atoms with Crippen molar-refractivity contribution in [3.05, 3.63) is 24.3 Å². The summed E-state index contributed by atoms with van der Waals surface area (Å²) in [5, 5.41) is 11.3. The first kappa shape index (κ1) is 11.4. The van der Waals surface area contributed by atoms with E-state index in [0.29, 0.717) is 30.1 Å². The zero-order valence-electron chi connectivity index (χ0n) is 10.3. The molecule has 3 heterocycles. The molecule has 1 aliphatic rings. The summed E-state index contributed by atoms with van der Waals surface area (Å²) in [5.41, 5.74) is 0. The molecule has 0 aromatic carbocycles. The van der Waals surface area contributed by atoms with Crippen molar-refractivity contribution in [3.63, 3.8) is 0 Å². The molecule has 1 saturated heterocycles. The molecular weight excluding hydrogens is 232 g/mol. The van der Waals surface area contributed by atoms with Crippen LogP contribution < -0.4 is 5.32 Å². The Hall–Kier alpha value is -1.66. The van der Waals surface area contributed by atoms with Gasteiger partial charge in [-0.2, -0.15) is 0 Å². The molecule has 0 saturated carbocycles. The number of rotatable bonds is 5. The minimum atomic E-state index is 0.442. The second kappa shape index (κ2) is 4.91. The fourth-order valence-electron chi connectivity index (χ4n) is 2.02. The van der Waals surface area contributed by atoms with Crippen molar-refractivity contribution in [1.82, 2.24) is 20.4 Å². The third kappa shape index (κ3) is 2.16. The van der Waals surface area contributed by atoms with E-state index in [1.807, 2.05) is 6.07 Å². The Balaban J connectivity index is 1.69.